The predicted molar refractivity (Wildman–Crippen MR) is 83.6 cm³/mol. The second-order valence-corrected chi connectivity index (χ2v) is 5.97. The summed E-state index contributed by atoms with van der Waals surface area (Å²) in [4.78, 5) is 23.3. The van der Waals surface area contributed by atoms with Crippen LogP contribution in [0, 0.1) is 0 Å². The van der Waals surface area contributed by atoms with Gasteiger partial charge in [0.05, 0.1) is 20.6 Å². The molecule has 0 N–H and O–H groups in total. The Balaban J connectivity index is 2.23. The summed E-state index contributed by atoms with van der Waals surface area (Å²) < 4.78 is 9.62. The number of benzene rings is 1. The number of carbonyl (C=O) groups is 2. The summed E-state index contributed by atoms with van der Waals surface area (Å²) in [5.74, 6) is -0.382. The van der Waals surface area contributed by atoms with E-state index in [1.165, 1.54) is 25.3 Å². The van der Waals surface area contributed by atoms with Gasteiger partial charge < -0.3 is 9.47 Å². The summed E-state index contributed by atoms with van der Waals surface area (Å²) in [6.45, 7) is 0. The molecule has 1 atom stereocenters. The zero-order valence-corrected chi connectivity index (χ0v) is 13.4. The number of ether oxygens (including phenoxy) is 2. The van der Waals surface area contributed by atoms with Gasteiger partial charge in [-0.3, -0.25) is 9.59 Å². The molecule has 1 aliphatic rings. The molecule has 0 spiro atoms. The third kappa shape index (κ3) is 3.67. The molecule has 22 heavy (non-hydrogen) atoms. The Kier molecular flexibility index (Phi) is 5.58. The van der Waals surface area contributed by atoms with E-state index in [2.05, 4.69) is 12.1 Å². The summed E-state index contributed by atoms with van der Waals surface area (Å²) in [5, 5.41) is 0. The number of fused-ring (bicyclic) bond motifs is 1. The molecular weight excluding hydrogens is 280 g/mol. The minimum atomic E-state index is -0.212. The summed E-state index contributed by atoms with van der Waals surface area (Å²) in [5.41, 5.74) is 2.35. The maximum absolute atomic E-state index is 11.9. The number of hydrogen-bond acceptors (Lipinski definition) is 4. The van der Waals surface area contributed by atoms with Crippen molar-refractivity contribution in [3.8, 4) is 0 Å². The van der Waals surface area contributed by atoms with Gasteiger partial charge in [-0.05, 0) is 43.2 Å². The van der Waals surface area contributed by atoms with Crippen LogP contribution in [0.25, 0.3) is 0 Å². The molecule has 120 valence electrons. The van der Waals surface area contributed by atoms with Crippen LogP contribution in [-0.2, 0) is 30.9 Å². The van der Waals surface area contributed by atoms with Crippen LogP contribution in [-0.4, -0.2) is 26.2 Å². The molecule has 0 aromatic heterocycles. The van der Waals surface area contributed by atoms with Crippen LogP contribution >= 0.6 is 0 Å². The maximum Gasteiger partial charge on any atom is 0.306 e. The quantitative estimate of drug-likeness (QED) is 0.758. The highest BCUT2D eigenvalue weighted by molar-refractivity contribution is 5.72. The topological polar surface area (TPSA) is 52.6 Å². The zero-order valence-electron chi connectivity index (χ0n) is 13.4. The molecule has 1 aromatic rings. The number of methoxy groups -OCH3 is 2. The fraction of sp³-hybridized carbons (Fsp3) is 0.556. The van der Waals surface area contributed by atoms with Gasteiger partial charge in [0.25, 0.3) is 0 Å². The van der Waals surface area contributed by atoms with Gasteiger partial charge in [0, 0.05) is 11.8 Å². The molecule has 0 aliphatic heterocycles. The van der Waals surface area contributed by atoms with Crippen molar-refractivity contribution in [3.63, 3.8) is 0 Å². The van der Waals surface area contributed by atoms with Crippen molar-refractivity contribution >= 4 is 11.9 Å². The lowest BCUT2D eigenvalue weighted by molar-refractivity contribution is -0.142. The SMILES string of the molecule is COC(=O)CCCC1(CC(=O)OC)CCCc2ccccc21. The van der Waals surface area contributed by atoms with Crippen LogP contribution in [0.15, 0.2) is 24.3 Å². The molecule has 0 saturated carbocycles. The van der Waals surface area contributed by atoms with Crippen molar-refractivity contribution < 1.29 is 19.1 Å². The monoisotopic (exact) mass is 304 g/mol. The van der Waals surface area contributed by atoms with E-state index in [4.69, 9.17) is 9.47 Å². The highest BCUT2D eigenvalue weighted by Crippen LogP contribution is 2.44. The molecule has 1 aromatic carbocycles. The predicted octanol–water partition coefficient (Wildman–Crippen LogP) is 3.17. The molecule has 0 radical (unpaired) electrons. The van der Waals surface area contributed by atoms with Gasteiger partial charge >= 0.3 is 11.9 Å². The Morgan fingerprint density at radius 3 is 2.59 bits per heavy atom. The minimum absolute atomic E-state index is 0.185. The summed E-state index contributed by atoms with van der Waals surface area (Å²) >= 11 is 0. The van der Waals surface area contributed by atoms with E-state index < -0.39 is 0 Å². The number of hydrogen-bond donors (Lipinski definition) is 0. The van der Waals surface area contributed by atoms with Gasteiger partial charge in [-0.1, -0.05) is 24.3 Å². The lowest BCUT2D eigenvalue weighted by Gasteiger charge is -2.38. The molecule has 1 unspecified atom stereocenters. The first-order valence-electron chi connectivity index (χ1n) is 7.83. The molecule has 4 heteroatoms. The van der Waals surface area contributed by atoms with Crippen molar-refractivity contribution in [1.82, 2.24) is 0 Å². The Bertz CT molecular complexity index is 538. The van der Waals surface area contributed by atoms with Gasteiger partial charge in [-0.25, -0.2) is 0 Å². The number of aryl methyl sites for hydroxylation is 1. The molecule has 1 aliphatic carbocycles. The van der Waals surface area contributed by atoms with Crippen molar-refractivity contribution in [2.45, 2.75) is 50.4 Å². The van der Waals surface area contributed by atoms with Crippen molar-refractivity contribution in [2.75, 3.05) is 14.2 Å². The third-order valence-electron chi connectivity index (χ3n) is 4.66. The van der Waals surface area contributed by atoms with Gasteiger partial charge in [-0.15, -0.1) is 0 Å². The van der Waals surface area contributed by atoms with Crippen LogP contribution in [0.5, 0.6) is 0 Å². The average molecular weight is 304 g/mol. The third-order valence-corrected chi connectivity index (χ3v) is 4.66. The Morgan fingerprint density at radius 1 is 1.14 bits per heavy atom. The van der Waals surface area contributed by atoms with E-state index >= 15 is 0 Å². The number of carbonyl (C=O) groups excluding carboxylic acids is 2. The van der Waals surface area contributed by atoms with Crippen LogP contribution in [0.2, 0.25) is 0 Å². The van der Waals surface area contributed by atoms with Crippen LogP contribution in [0.4, 0.5) is 0 Å². The Labute approximate surface area is 131 Å². The van der Waals surface area contributed by atoms with E-state index in [-0.39, 0.29) is 17.4 Å². The molecule has 0 fully saturated rings. The van der Waals surface area contributed by atoms with Gasteiger partial charge in [0.15, 0.2) is 0 Å². The lowest BCUT2D eigenvalue weighted by Crippen LogP contribution is -2.34. The van der Waals surface area contributed by atoms with E-state index in [0.29, 0.717) is 12.8 Å². The normalized spacial score (nSPS) is 20.1. The van der Waals surface area contributed by atoms with E-state index in [0.717, 1.165) is 32.1 Å². The maximum atomic E-state index is 11.9. The van der Waals surface area contributed by atoms with E-state index in [1.807, 2.05) is 12.1 Å². The molecule has 2 rings (SSSR count). The van der Waals surface area contributed by atoms with Gasteiger partial charge in [-0.2, -0.15) is 0 Å². The molecule has 0 bridgehead atoms. The lowest BCUT2D eigenvalue weighted by atomic mass is 9.65. The van der Waals surface area contributed by atoms with Crippen LogP contribution in [0.3, 0.4) is 0 Å². The van der Waals surface area contributed by atoms with Gasteiger partial charge in [0.2, 0.25) is 0 Å². The minimum Gasteiger partial charge on any atom is -0.469 e. The smallest absolute Gasteiger partial charge is 0.306 e. The highest BCUT2D eigenvalue weighted by Gasteiger charge is 2.38. The standard InChI is InChI=1S/C18H24O4/c1-21-16(19)10-6-12-18(13-17(20)22-2)11-5-8-14-7-3-4-9-15(14)18/h3-4,7,9H,5-6,8,10-13H2,1-2H3. The first kappa shape index (κ1) is 16.5. The van der Waals surface area contributed by atoms with Crippen LogP contribution in [0.1, 0.15) is 49.7 Å². The first-order chi connectivity index (χ1) is 10.6. The fourth-order valence-corrected chi connectivity index (χ4v) is 3.56. The van der Waals surface area contributed by atoms with Crippen molar-refractivity contribution in [1.29, 1.82) is 0 Å². The van der Waals surface area contributed by atoms with E-state index in [1.54, 1.807) is 0 Å². The fourth-order valence-electron chi connectivity index (χ4n) is 3.56. The highest BCUT2D eigenvalue weighted by atomic mass is 16.5. The van der Waals surface area contributed by atoms with Crippen LogP contribution < -0.4 is 0 Å². The average Bonchev–Trinajstić information content (AvgIpc) is 2.55. The summed E-state index contributed by atoms with van der Waals surface area (Å²) in [7, 11) is 2.83. The van der Waals surface area contributed by atoms with Crippen molar-refractivity contribution in [2.24, 2.45) is 0 Å². The number of esters is 2. The first-order valence-corrected chi connectivity index (χ1v) is 7.83. The molecular formula is C18H24O4. The van der Waals surface area contributed by atoms with E-state index in [9.17, 15) is 9.59 Å². The molecule has 0 heterocycles. The second kappa shape index (κ2) is 7.43. The van der Waals surface area contributed by atoms with Gasteiger partial charge in [0.1, 0.15) is 0 Å². The van der Waals surface area contributed by atoms with Crippen molar-refractivity contribution in [3.05, 3.63) is 35.4 Å². The molecule has 0 amide bonds. The summed E-state index contributed by atoms with van der Waals surface area (Å²) in [6.07, 6.45) is 5.36. The zero-order chi connectivity index (χ0) is 16.0. The Hall–Kier alpha value is -1.84. The molecule has 4 nitrogen and oxygen atoms in total. The number of rotatable bonds is 6. The Morgan fingerprint density at radius 2 is 1.86 bits per heavy atom. The summed E-state index contributed by atoms with van der Waals surface area (Å²) in [6, 6.07) is 8.33. The second-order valence-electron chi connectivity index (χ2n) is 5.97. The molecule has 0 saturated heterocycles. The largest absolute Gasteiger partial charge is 0.469 e.